The third kappa shape index (κ3) is 3.89. The topological polar surface area (TPSA) is 79.8 Å². The molecule has 0 aliphatic carbocycles. The molecule has 0 bridgehead atoms. The largest absolute Gasteiger partial charge is 0.364 e. The van der Waals surface area contributed by atoms with E-state index in [-0.39, 0.29) is 11.7 Å². The summed E-state index contributed by atoms with van der Waals surface area (Å²) < 4.78 is 13.5. The van der Waals surface area contributed by atoms with Crippen LogP contribution in [0.2, 0.25) is 0 Å². The number of halogens is 1. The highest BCUT2D eigenvalue weighted by atomic mass is 19.1. The van der Waals surface area contributed by atoms with E-state index in [9.17, 15) is 9.18 Å². The molecule has 0 radical (unpaired) electrons. The van der Waals surface area contributed by atoms with Gasteiger partial charge < -0.3 is 10.6 Å². The highest BCUT2D eigenvalue weighted by Crippen LogP contribution is 2.11. The van der Waals surface area contributed by atoms with Crippen LogP contribution in [0.5, 0.6) is 0 Å². The molecule has 7 heteroatoms. The average molecular weight is 323 g/mol. The quantitative estimate of drug-likeness (QED) is 0.755. The first-order chi connectivity index (χ1) is 11.7. The molecular weight excluding hydrogens is 309 g/mol. The molecule has 1 amide bonds. The van der Waals surface area contributed by atoms with Crippen LogP contribution in [-0.4, -0.2) is 21.1 Å². The Hall–Kier alpha value is -3.35. The monoisotopic (exact) mass is 323 g/mol. The van der Waals surface area contributed by atoms with Crippen LogP contribution in [0.1, 0.15) is 15.9 Å². The summed E-state index contributed by atoms with van der Waals surface area (Å²) in [6.07, 6.45) is 3.06. The maximum absolute atomic E-state index is 13.5. The third-order valence-electron chi connectivity index (χ3n) is 3.25. The molecule has 2 N–H and O–H groups in total. The van der Waals surface area contributed by atoms with Crippen molar-refractivity contribution in [3.05, 3.63) is 77.9 Å². The SMILES string of the molecule is O=C(Nc1ccc(NCc2ccccc2F)nn1)c1cccnc1. The van der Waals surface area contributed by atoms with E-state index in [0.29, 0.717) is 29.3 Å². The van der Waals surface area contributed by atoms with Gasteiger partial charge in [0.05, 0.1) is 5.56 Å². The Kier molecular flexibility index (Phi) is 4.71. The number of hydrogen-bond acceptors (Lipinski definition) is 5. The van der Waals surface area contributed by atoms with Gasteiger partial charge in [-0.05, 0) is 30.3 Å². The molecule has 0 saturated heterocycles. The zero-order valence-corrected chi connectivity index (χ0v) is 12.6. The predicted octanol–water partition coefficient (Wildman–Crippen LogP) is 2.88. The molecule has 2 aromatic heterocycles. The zero-order chi connectivity index (χ0) is 16.8. The van der Waals surface area contributed by atoms with Crippen molar-refractivity contribution in [1.82, 2.24) is 15.2 Å². The van der Waals surface area contributed by atoms with E-state index >= 15 is 0 Å². The van der Waals surface area contributed by atoms with Gasteiger partial charge >= 0.3 is 0 Å². The van der Waals surface area contributed by atoms with E-state index in [2.05, 4.69) is 25.8 Å². The Bertz CT molecular complexity index is 824. The minimum absolute atomic E-state index is 0.279. The number of nitrogens with zero attached hydrogens (tertiary/aromatic N) is 3. The van der Waals surface area contributed by atoms with E-state index in [1.807, 2.05) is 0 Å². The molecule has 1 aromatic carbocycles. The lowest BCUT2D eigenvalue weighted by molar-refractivity contribution is 0.102. The number of aromatic nitrogens is 3. The van der Waals surface area contributed by atoms with E-state index in [0.717, 1.165) is 0 Å². The Morgan fingerprint density at radius 3 is 2.50 bits per heavy atom. The molecule has 0 saturated carbocycles. The lowest BCUT2D eigenvalue weighted by Crippen LogP contribution is -2.14. The summed E-state index contributed by atoms with van der Waals surface area (Å²) in [6, 6.07) is 13.1. The number of rotatable bonds is 5. The zero-order valence-electron chi connectivity index (χ0n) is 12.6. The molecule has 24 heavy (non-hydrogen) atoms. The summed E-state index contributed by atoms with van der Waals surface area (Å²) in [6.45, 7) is 0.294. The van der Waals surface area contributed by atoms with Crippen LogP contribution in [0, 0.1) is 5.82 Å². The van der Waals surface area contributed by atoms with Crippen molar-refractivity contribution in [2.24, 2.45) is 0 Å². The van der Waals surface area contributed by atoms with E-state index in [1.165, 1.54) is 12.3 Å². The number of carbonyl (C=O) groups excluding carboxylic acids is 1. The Morgan fingerprint density at radius 2 is 1.79 bits per heavy atom. The smallest absolute Gasteiger partial charge is 0.258 e. The van der Waals surface area contributed by atoms with Gasteiger partial charge in [0.15, 0.2) is 5.82 Å². The number of amides is 1. The van der Waals surface area contributed by atoms with Crippen molar-refractivity contribution in [2.75, 3.05) is 10.6 Å². The van der Waals surface area contributed by atoms with E-state index < -0.39 is 0 Å². The average Bonchev–Trinajstić information content (AvgIpc) is 2.63. The molecule has 6 nitrogen and oxygen atoms in total. The van der Waals surface area contributed by atoms with Gasteiger partial charge in [0.1, 0.15) is 11.6 Å². The molecule has 120 valence electrons. The van der Waals surface area contributed by atoms with Crippen molar-refractivity contribution in [2.45, 2.75) is 6.54 Å². The standard InChI is InChI=1S/C17H14FN5O/c18-14-6-2-1-4-12(14)11-20-15-7-8-16(23-22-15)21-17(24)13-5-3-9-19-10-13/h1-10H,11H2,(H,20,22)(H,21,23,24). The number of hydrogen-bond donors (Lipinski definition) is 2. The summed E-state index contributed by atoms with van der Waals surface area (Å²) in [5, 5.41) is 13.5. The predicted molar refractivity (Wildman–Crippen MR) is 87.9 cm³/mol. The van der Waals surface area contributed by atoms with E-state index in [1.54, 1.807) is 48.7 Å². The van der Waals surface area contributed by atoms with Gasteiger partial charge in [-0.15, -0.1) is 10.2 Å². The molecule has 3 aromatic rings. The number of nitrogens with one attached hydrogen (secondary N) is 2. The second-order valence-corrected chi connectivity index (χ2v) is 4.94. The molecule has 0 atom stereocenters. The minimum atomic E-state index is -0.315. The third-order valence-corrected chi connectivity index (χ3v) is 3.25. The van der Waals surface area contributed by atoms with Crippen molar-refractivity contribution in [3.8, 4) is 0 Å². The second-order valence-electron chi connectivity index (χ2n) is 4.94. The Labute approximate surface area is 137 Å². The number of anilines is 2. The van der Waals surface area contributed by atoms with Crippen LogP contribution in [0.4, 0.5) is 16.0 Å². The summed E-state index contributed by atoms with van der Waals surface area (Å²) >= 11 is 0. The van der Waals surface area contributed by atoms with Crippen molar-refractivity contribution >= 4 is 17.5 Å². The van der Waals surface area contributed by atoms with Crippen molar-refractivity contribution in [3.63, 3.8) is 0 Å². The van der Waals surface area contributed by atoms with Gasteiger partial charge in [0.2, 0.25) is 0 Å². The normalized spacial score (nSPS) is 10.2. The summed E-state index contributed by atoms with van der Waals surface area (Å²) in [5.41, 5.74) is 0.967. The Balaban J connectivity index is 1.59. The van der Waals surface area contributed by atoms with Crippen molar-refractivity contribution < 1.29 is 9.18 Å². The fourth-order valence-corrected chi connectivity index (χ4v) is 2.01. The Morgan fingerprint density at radius 1 is 1.00 bits per heavy atom. The van der Waals surface area contributed by atoms with Gasteiger partial charge in [0, 0.05) is 24.5 Å². The van der Waals surface area contributed by atoms with Crippen LogP contribution in [0.3, 0.4) is 0 Å². The molecule has 0 fully saturated rings. The molecule has 0 aliphatic rings. The first kappa shape index (κ1) is 15.5. The van der Waals surface area contributed by atoms with Crippen LogP contribution in [0.25, 0.3) is 0 Å². The summed E-state index contributed by atoms with van der Waals surface area (Å²) in [5.74, 6) is 0.209. The van der Waals surface area contributed by atoms with Crippen LogP contribution in [0.15, 0.2) is 60.9 Å². The van der Waals surface area contributed by atoms with Gasteiger partial charge in [-0.3, -0.25) is 9.78 Å². The van der Waals surface area contributed by atoms with E-state index in [4.69, 9.17) is 0 Å². The second kappa shape index (κ2) is 7.28. The number of benzene rings is 1. The van der Waals surface area contributed by atoms with Crippen LogP contribution >= 0.6 is 0 Å². The van der Waals surface area contributed by atoms with Crippen LogP contribution in [-0.2, 0) is 6.54 Å². The highest BCUT2D eigenvalue weighted by Gasteiger charge is 2.07. The molecule has 3 rings (SSSR count). The maximum atomic E-state index is 13.5. The lowest BCUT2D eigenvalue weighted by Gasteiger charge is -2.07. The molecule has 2 heterocycles. The first-order valence-corrected chi connectivity index (χ1v) is 7.25. The number of pyridine rings is 1. The highest BCUT2D eigenvalue weighted by molar-refractivity contribution is 6.03. The lowest BCUT2D eigenvalue weighted by atomic mass is 10.2. The molecular formula is C17H14FN5O. The molecule has 0 unspecified atom stereocenters. The van der Waals surface area contributed by atoms with Crippen molar-refractivity contribution in [1.29, 1.82) is 0 Å². The van der Waals surface area contributed by atoms with Gasteiger partial charge in [-0.2, -0.15) is 0 Å². The van der Waals surface area contributed by atoms with Gasteiger partial charge in [0.25, 0.3) is 5.91 Å². The molecule has 0 aliphatic heterocycles. The molecule has 0 spiro atoms. The van der Waals surface area contributed by atoms with Gasteiger partial charge in [-0.1, -0.05) is 18.2 Å². The minimum Gasteiger partial charge on any atom is -0.364 e. The van der Waals surface area contributed by atoms with Gasteiger partial charge in [-0.25, -0.2) is 4.39 Å². The summed E-state index contributed by atoms with van der Waals surface area (Å²) in [4.78, 5) is 15.9. The maximum Gasteiger partial charge on any atom is 0.258 e. The fraction of sp³-hybridized carbons (Fsp3) is 0.0588. The summed E-state index contributed by atoms with van der Waals surface area (Å²) in [7, 11) is 0. The number of carbonyl (C=O) groups is 1. The van der Waals surface area contributed by atoms with Crippen LogP contribution < -0.4 is 10.6 Å². The first-order valence-electron chi connectivity index (χ1n) is 7.25. The fourth-order valence-electron chi connectivity index (χ4n) is 2.01.